The highest BCUT2D eigenvalue weighted by molar-refractivity contribution is 7.11. The molecule has 11 heteroatoms. The molecule has 0 spiro atoms. The lowest BCUT2D eigenvalue weighted by atomic mass is 10.1. The second-order valence-corrected chi connectivity index (χ2v) is 6.44. The smallest absolute Gasteiger partial charge is 0.271 e. The molecule has 3 aromatic rings. The molecule has 0 aliphatic carbocycles. The number of benzene rings is 2. The molecule has 1 aromatic heterocycles. The summed E-state index contributed by atoms with van der Waals surface area (Å²) in [6.45, 7) is 0. The summed E-state index contributed by atoms with van der Waals surface area (Å²) in [5.41, 5.74) is 0.465. The summed E-state index contributed by atoms with van der Waals surface area (Å²) in [4.78, 5) is 24.8. The van der Waals surface area contributed by atoms with Crippen molar-refractivity contribution in [3.8, 4) is 17.3 Å². The van der Waals surface area contributed by atoms with E-state index < -0.39 is 15.7 Å². The molecule has 3 rings (SSSR count). The number of thiazole rings is 1. The van der Waals surface area contributed by atoms with Gasteiger partial charge in [-0.05, 0) is 6.07 Å². The predicted molar refractivity (Wildman–Crippen MR) is 104 cm³/mol. The molecule has 0 atom stereocenters. The first-order chi connectivity index (χ1) is 13.9. The number of allylic oxidation sites excluding steroid dienone is 1. The fourth-order valence-electron chi connectivity index (χ4n) is 2.34. The summed E-state index contributed by atoms with van der Waals surface area (Å²) in [5.74, 6) is -0.722. The first-order valence-corrected chi connectivity index (χ1v) is 8.78. The Hall–Kier alpha value is -4.17. The zero-order valence-electron chi connectivity index (χ0n) is 14.4. The predicted octanol–water partition coefficient (Wildman–Crippen LogP) is 4.74. The number of nitriles is 1. The van der Waals surface area contributed by atoms with Crippen molar-refractivity contribution in [2.24, 2.45) is 0 Å². The van der Waals surface area contributed by atoms with E-state index in [0.717, 1.165) is 29.5 Å². The van der Waals surface area contributed by atoms with Gasteiger partial charge in [0.25, 0.3) is 11.4 Å². The standard InChI is InChI=1S/C18H10FN5O4S/c19-15-5-4-14(24(27)28)7-16(15)21-9-12(8-20)18-22-17(10-29-18)11-2-1-3-13(6-11)23(25)26/h1-7,9-10,21H. The molecule has 0 aliphatic heterocycles. The second-order valence-electron chi connectivity index (χ2n) is 5.58. The molecule has 0 saturated heterocycles. The van der Waals surface area contributed by atoms with Gasteiger partial charge in [-0.1, -0.05) is 12.1 Å². The SMILES string of the molecule is N#CC(=CNc1cc([N+](=O)[O-])ccc1F)c1nc(-c2cccc([N+](=O)[O-])c2)cs1. The van der Waals surface area contributed by atoms with Gasteiger partial charge < -0.3 is 5.32 Å². The van der Waals surface area contributed by atoms with Crippen LogP contribution in [-0.4, -0.2) is 14.8 Å². The Kier molecular flexibility index (Phi) is 5.56. The zero-order chi connectivity index (χ0) is 21.0. The maximum Gasteiger partial charge on any atom is 0.271 e. The van der Waals surface area contributed by atoms with Crippen LogP contribution in [0.5, 0.6) is 0 Å². The number of nitrogens with one attached hydrogen (secondary N) is 1. The third kappa shape index (κ3) is 4.40. The Balaban J connectivity index is 1.88. The minimum atomic E-state index is -0.722. The van der Waals surface area contributed by atoms with Gasteiger partial charge in [0.15, 0.2) is 0 Å². The maximum atomic E-state index is 13.9. The summed E-state index contributed by atoms with van der Waals surface area (Å²) < 4.78 is 13.9. The highest BCUT2D eigenvalue weighted by Gasteiger charge is 2.13. The Morgan fingerprint density at radius 2 is 1.90 bits per heavy atom. The topological polar surface area (TPSA) is 135 Å². The normalized spacial score (nSPS) is 11.0. The summed E-state index contributed by atoms with van der Waals surface area (Å²) in [5, 5.41) is 35.6. The number of aromatic nitrogens is 1. The molecule has 0 radical (unpaired) electrons. The maximum absolute atomic E-state index is 13.9. The van der Waals surface area contributed by atoms with Crippen molar-refractivity contribution in [2.75, 3.05) is 5.32 Å². The van der Waals surface area contributed by atoms with Crippen LogP contribution >= 0.6 is 11.3 Å². The van der Waals surface area contributed by atoms with Crippen molar-refractivity contribution in [2.45, 2.75) is 0 Å². The Labute approximate surface area is 166 Å². The number of non-ortho nitro benzene ring substituents is 2. The average molecular weight is 411 g/mol. The summed E-state index contributed by atoms with van der Waals surface area (Å²) in [6.07, 6.45) is 1.19. The van der Waals surface area contributed by atoms with Gasteiger partial charge in [0.2, 0.25) is 0 Å². The van der Waals surface area contributed by atoms with Crippen LogP contribution in [0.15, 0.2) is 54.0 Å². The number of nitro benzene ring substituents is 2. The molecule has 0 bridgehead atoms. The number of nitro groups is 2. The van der Waals surface area contributed by atoms with E-state index in [9.17, 15) is 29.9 Å². The van der Waals surface area contributed by atoms with E-state index in [-0.39, 0.29) is 22.6 Å². The van der Waals surface area contributed by atoms with E-state index in [0.29, 0.717) is 16.3 Å². The van der Waals surface area contributed by atoms with E-state index in [1.807, 2.05) is 6.07 Å². The van der Waals surface area contributed by atoms with Gasteiger partial charge >= 0.3 is 0 Å². The van der Waals surface area contributed by atoms with Crippen LogP contribution in [0.2, 0.25) is 0 Å². The summed E-state index contributed by atoms with van der Waals surface area (Å²) in [6, 6.07) is 10.8. The van der Waals surface area contributed by atoms with E-state index >= 15 is 0 Å². The van der Waals surface area contributed by atoms with Crippen LogP contribution < -0.4 is 5.32 Å². The first kappa shape index (κ1) is 19.6. The van der Waals surface area contributed by atoms with Crippen LogP contribution in [0.1, 0.15) is 5.01 Å². The molecular weight excluding hydrogens is 401 g/mol. The number of halogens is 1. The second kappa shape index (κ2) is 8.24. The molecule has 1 heterocycles. The van der Waals surface area contributed by atoms with Crippen molar-refractivity contribution in [3.05, 3.63) is 85.1 Å². The highest BCUT2D eigenvalue weighted by Crippen LogP contribution is 2.28. The summed E-state index contributed by atoms with van der Waals surface area (Å²) in [7, 11) is 0. The molecule has 0 unspecified atom stereocenters. The molecule has 144 valence electrons. The minimum Gasteiger partial charge on any atom is -0.358 e. The van der Waals surface area contributed by atoms with Crippen LogP contribution in [0.25, 0.3) is 16.8 Å². The number of hydrogen-bond donors (Lipinski definition) is 1. The van der Waals surface area contributed by atoms with Crippen LogP contribution in [0.3, 0.4) is 0 Å². The number of rotatable bonds is 6. The van der Waals surface area contributed by atoms with Gasteiger partial charge in [0.05, 0.1) is 21.2 Å². The van der Waals surface area contributed by atoms with Crippen molar-refractivity contribution in [1.82, 2.24) is 4.98 Å². The van der Waals surface area contributed by atoms with Gasteiger partial charge in [-0.3, -0.25) is 20.2 Å². The quantitative estimate of drug-likeness (QED) is 0.351. The largest absolute Gasteiger partial charge is 0.358 e. The Bertz CT molecular complexity index is 1180. The van der Waals surface area contributed by atoms with E-state index in [4.69, 9.17) is 0 Å². The lowest BCUT2D eigenvalue weighted by Gasteiger charge is -2.03. The minimum absolute atomic E-state index is 0.0672. The van der Waals surface area contributed by atoms with Crippen molar-refractivity contribution in [1.29, 1.82) is 5.26 Å². The fourth-order valence-corrected chi connectivity index (χ4v) is 3.13. The third-order valence-electron chi connectivity index (χ3n) is 3.74. The average Bonchev–Trinajstić information content (AvgIpc) is 3.19. The van der Waals surface area contributed by atoms with E-state index in [1.165, 1.54) is 24.4 Å². The Morgan fingerprint density at radius 1 is 1.17 bits per heavy atom. The van der Waals surface area contributed by atoms with Gasteiger partial charge in [-0.25, -0.2) is 9.37 Å². The fraction of sp³-hybridized carbons (Fsp3) is 0. The van der Waals surface area contributed by atoms with Gasteiger partial charge in [-0.15, -0.1) is 11.3 Å². The first-order valence-electron chi connectivity index (χ1n) is 7.90. The lowest BCUT2D eigenvalue weighted by molar-refractivity contribution is -0.385. The Morgan fingerprint density at radius 3 is 2.59 bits per heavy atom. The van der Waals surface area contributed by atoms with Crippen LogP contribution in [-0.2, 0) is 0 Å². The molecule has 2 aromatic carbocycles. The molecule has 0 amide bonds. The molecule has 0 saturated carbocycles. The number of nitrogens with zero attached hydrogens (tertiary/aromatic N) is 4. The van der Waals surface area contributed by atoms with Gasteiger partial charge in [0.1, 0.15) is 22.5 Å². The number of anilines is 1. The molecule has 0 aliphatic rings. The van der Waals surface area contributed by atoms with Crippen molar-refractivity contribution in [3.63, 3.8) is 0 Å². The number of hydrogen-bond acceptors (Lipinski definition) is 8. The van der Waals surface area contributed by atoms with Crippen LogP contribution in [0, 0.1) is 37.4 Å². The lowest BCUT2D eigenvalue weighted by Crippen LogP contribution is -1.96. The monoisotopic (exact) mass is 411 g/mol. The van der Waals surface area contributed by atoms with Crippen molar-refractivity contribution >= 4 is 34.0 Å². The molecule has 0 fully saturated rings. The zero-order valence-corrected chi connectivity index (χ0v) is 15.2. The van der Waals surface area contributed by atoms with Gasteiger partial charge in [-0.2, -0.15) is 5.26 Å². The van der Waals surface area contributed by atoms with Crippen molar-refractivity contribution < 1.29 is 14.2 Å². The summed E-state index contributed by atoms with van der Waals surface area (Å²) >= 11 is 1.12. The van der Waals surface area contributed by atoms with Gasteiger partial charge in [0, 0.05) is 41.4 Å². The van der Waals surface area contributed by atoms with Crippen LogP contribution in [0.4, 0.5) is 21.5 Å². The highest BCUT2D eigenvalue weighted by atomic mass is 32.1. The molecule has 1 N–H and O–H groups in total. The van der Waals surface area contributed by atoms with E-state index in [2.05, 4.69) is 10.3 Å². The third-order valence-corrected chi connectivity index (χ3v) is 4.62. The molecular formula is C18H10FN5O4S. The molecule has 9 nitrogen and oxygen atoms in total. The molecule has 29 heavy (non-hydrogen) atoms. The van der Waals surface area contributed by atoms with E-state index in [1.54, 1.807) is 11.4 Å².